The Kier molecular flexibility index (Phi) is 5.11. The van der Waals surface area contributed by atoms with Gasteiger partial charge in [-0.1, -0.05) is 30.3 Å². The van der Waals surface area contributed by atoms with Crippen LogP contribution >= 0.6 is 0 Å². The summed E-state index contributed by atoms with van der Waals surface area (Å²) >= 11 is 0. The van der Waals surface area contributed by atoms with E-state index in [4.69, 9.17) is 0 Å². The molecule has 136 valence electrons. The number of nitrogens with zero attached hydrogens (tertiary/aromatic N) is 2. The Hall–Kier alpha value is -3.02. The lowest BCUT2D eigenvalue weighted by Gasteiger charge is -2.28. The second-order valence-electron chi connectivity index (χ2n) is 6.50. The van der Waals surface area contributed by atoms with Gasteiger partial charge in [0.25, 0.3) is 5.91 Å². The van der Waals surface area contributed by atoms with E-state index in [0.717, 1.165) is 6.42 Å². The predicted octanol–water partition coefficient (Wildman–Crippen LogP) is 2.36. The van der Waals surface area contributed by atoms with Crippen molar-refractivity contribution >= 4 is 11.8 Å². The van der Waals surface area contributed by atoms with E-state index >= 15 is 0 Å². The zero-order valence-corrected chi connectivity index (χ0v) is 14.6. The molecule has 1 aliphatic rings. The van der Waals surface area contributed by atoms with Gasteiger partial charge in [-0.2, -0.15) is 0 Å². The number of phenols is 2. The molecule has 2 amide bonds. The van der Waals surface area contributed by atoms with Crippen LogP contribution in [-0.4, -0.2) is 51.5 Å². The first-order chi connectivity index (χ1) is 12.5. The highest BCUT2D eigenvalue weighted by molar-refractivity contribution is 5.99. The molecule has 1 saturated heterocycles. The molecule has 0 saturated carbocycles. The first-order valence-electron chi connectivity index (χ1n) is 8.60. The molecule has 0 bridgehead atoms. The Labute approximate surface area is 152 Å². The van der Waals surface area contributed by atoms with Crippen molar-refractivity contribution in [2.75, 3.05) is 13.6 Å². The van der Waals surface area contributed by atoms with Gasteiger partial charge in [0.1, 0.15) is 17.5 Å². The van der Waals surface area contributed by atoms with Crippen LogP contribution in [-0.2, 0) is 11.3 Å². The van der Waals surface area contributed by atoms with Crippen molar-refractivity contribution in [1.82, 2.24) is 9.80 Å². The minimum Gasteiger partial charge on any atom is -0.508 e. The van der Waals surface area contributed by atoms with Crippen molar-refractivity contribution < 1.29 is 19.8 Å². The summed E-state index contributed by atoms with van der Waals surface area (Å²) in [5.41, 5.74) is 0.857. The van der Waals surface area contributed by atoms with Gasteiger partial charge in [-0.05, 0) is 31.0 Å². The molecule has 2 aromatic carbocycles. The number of rotatable bonds is 4. The molecule has 0 spiro atoms. The van der Waals surface area contributed by atoms with Crippen LogP contribution in [0.1, 0.15) is 28.8 Å². The van der Waals surface area contributed by atoms with Crippen LogP contribution in [0.15, 0.2) is 48.5 Å². The average Bonchev–Trinajstić information content (AvgIpc) is 3.12. The third-order valence-corrected chi connectivity index (χ3v) is 4.71. The van der Waals surface area contributed by atoms with E-state index in [9.17, 15) is 19.8 Å². The highest BCUT2D eigenvalue weighted by atomic mass is 16.3. The first-order valence-corrected chi connectivity index (χ1v) is 8.60. The maximum atomic E-state index is 12.9. The Morgan fingerprint density at radius 2 is 1.73 bits per heavy atom. The van der Waals surface area contributed by atoms with Crippen LogP contribution in [0.3, 0.4) is 0 Å². The SMILES string of the molecule is CN(Cc1ccccc1O)C(=O)[C@H]1CCCN1C(=O)c1ccccc1O. The number of aromatic hydroxyl groups is 2. The molecule has 2 N–H and O–H groups in total. The second-order valence-corrected chi connectivity index (χ2v) is 6.50. The Morgan fingerprint density at radius 1 is 1.08 bits per heavy atom. The summed E-state index contributed by atoms with van der Waals surface area (Å²) in [6.45, 7) is 0.745. The van der Waals surface area contributed by atoms with Gasteiger partial charge in [-0.25, -0.2) is 0 Å². The van der Waals surface area contributed by atoms with E-state index in [1.807, 2.05) is 0 Å². The monoisotopic (exact) mass is 354 g/mol. The van der Waals surface area contributed by atoms with Crippen molar-refractivity contribution in [2.45, 2.75) is 25.4 Å². The van der Waals surface area contributed by atoms with Gasteiger partial charge in [-0.3, -0.25) is 9.59 Å². The van der Waals surface area contributed by atoms with Gasteiger partial charge in [0.05, 0.1) is 5.56 Å². The van der Waals surface area contributed by atoms with E-state index in [1.165, 1.54) is 15.9 Å². The molecule has 1 atom stereocenters. The second kappa shape index (κ2) is 7.47. The summed E-state index contributed by atoms with van der Waals surface area (Å²) in [6, 6.07) is 12.7. The zero-order valence-electron chi connectivity index (χ0n) is 14.6. The quantitative estimate of drug-likeness (QED) is 0.883. The maximum absolute atomic E-state index is 12.9. The molecule has 0 radical (unpaired) electrons. The molecule has 26 heavy (non-hydrogen) atoms. The van der Waals surface area contributed by atoms with Crippen molar-refractivity contribution in [3.05, 3.63) is 59.7 Å². The van der Waals surface area contributed by atoms with Gasteiger partial charge < -0.3 is 20.0 Å². The third kappa shape index (κ3) is 3.49. The number of carbonyl (C=O) groups excluding carboxylic acids is 2. The summed E-state index contributed by atoms with van der Waals surface area (Å²) < 4.78 is 0. The summed E-state index contributed by atoms with van der Waals surface area (Å²) in [5.74, 6) is -0.455. The number of amides is 2. The summed E-state index contributed by atoms with van der Waals surface area (Å²) in [7, 11) is 1.66. The van der Waals surface area contributed by atoms with Crippen LogP contribution in [0.4, 0.5) is 0 Å². The number of likely N-dealkylation sites (tertiary alicyclic amines) is 1. The standard InChI is InChI=1S/C20H22N2O4/c1-21(13-14-7-2-4-10-17(14)23)20(26)16-9-6-12-22(16)19(25)15-8-3-5-11-18(15)24/h2-5,7-8,10-11,16,23-24H,6,9,12-13H2,1H3/t16-/m1/s1. The topological polar surface area (TPSA) is 81.1 Å². The van der Waals surface area contributed by atoms with Crippen LogP contribution < -0.4 is 0 Å². The minimum atomic E-state index is -0.557. The zero-order chi connectivity index (χ0) is 18.7. The number of hydrogen-bond acceptors (Lipinski definition) is 4. The normalized spacial score (nSPS) is 16.5. The highest BCUT2D eigenvalue weighted by Gasteiger charge is 2.36. The molecule has 6 nitrogen and oxygen atoms in total. The number of para-hydroxylation sites is 2. The lowest BCUT2D eigenvalue weighted by Crippen LogP contribution is -2.46. The molecule has 0 unspecified atom stereocenters. The number of hydrogen-bond donors (Lipinski definition) is 2. The fourth-order valence-electron chi connectivity index (χ4n) is 3.31. The van der Waals surface area contributed by atoms with E-state index < -0.39 is 6.04 Å². The number of likely N-dealkylation sites (N-methyl/N-ethyl adjacent to an activating group) is 1. The molecule has 0 aliphatic carbocycles. The molecule has 1 aliphatic heterocycles. The van der Waals surface area contributed by atoms with E-state index in [2.05, 4.69) is 0 Å². The van der Waals surface area contributed by atoms with Crippen molar-refractivity contribution in [3.63, 3.8) is 0 Å². The molecule has 1 heterocycles. The van der Waals surface area contributed by atoms with Gasteiger partial charge in [0, 0.05) is 25.7 Å². The molecule has 1 fully saturated rings. The average molecular weight is 354 g/mol. The fraction of sp³-hybridized carbons (Fsp3) is 0.300. The van der Waals surface area contributed by atoms with Crippen LogP contribution in [0, 0.1) is 0 Å². The van der Waals surface area contributed by atoms with E-state index in [0.29, 0.717) is 18.5 Å². The molecule has 3 rings (SSSR count). The van der Waals surface area contributed by atoms with Gasteiger partial charge in [0.15, 0.2) is 0 Å². The summed E-state index contributed by atoms with van der Waals surface area (Å²) in [6.07, 6.45) is 1.32. The van der Waals surface area contributed by atoms with E-state index in [-0.39, 0.29) is 35.4 Å². The van der Waals surface area contributed by atoms with Crippen LogP contribution in [0.2, 0.25) is 0 Å². The lowest BCUT2D eigenvalue weighted by atomic mass is 10.1. The molecular formula is C20H22N2O4. The summed E-state index contributed by atoms with van der Waals surface area (Å²) in [5, 5.41) is 19.8. The Bertz CT molecular complexity index is 821. The number of carbonyl (C=O) groups is 2. The van der Waals surface area contributed by atoms with Crippen LogP contribution in [0.5, 0.6) is 11.5 Å². The number of benzene rings is 2. The lowest BCUT2D eigenvalue weighted by molar-refractivity contribution is -0.134. The smallest absolute Gasteiger partial charge is 0.258 e. The minimum absolute atomic E-state index is 0.0850. The summed E-state index contributed by atoms with van der Waals surface area (Å²) in [4.78, 5) is 28.7. The highest BCUT2D eigenvalue weighted by Crippen LogP contribution is 2.26. The molecule has 6 heteroatoms. The van der Waals surface area contributed by atoms with E-state index in [1.54, 1.807) is 49.5 Å². The van der Waals surface area contributed by atoms with Crippen molar-refractivity contribution in [3.8, 4) is 11.5 Å². The van der Waals surface area contributed by atoms with Crippen molar-refractivity contribution in [2.24, 2.45) is 0 Å². The molecule has 0 aromatic heterocycles. The molecule has 2 aromatic rings. The largest absolute Gasteiger partial charge is 0.508 e. The van der Waals surface area contributed by atoms with Gasteiger partial charge in [0.2, 0.25) is 5.91 Å². The number of phenolic OH excluding ortho intramolecular Hbond substituents is 2. The van der Waals surface area contributed by atoms with Crippen molar-refractivity contribution in [1.29, 1.82) is 0 Å². The fourth-order valence-corrected chi connectivity index (χ4v) is 3.31. The Morgan fingerprint density at radius 3 is 2.42 bits per heavy atom. The Balaban J connectivity index is 1.75. The third-order valence-electron chi connectivity index (χ3n) is 4.71. The van der Waals surface area contributed by atoms with Gasteiger partial charge >= 0.3 is 0 Å². The maximum Gasteiger partial charge on any atom is 0.258 e. The van der Waals surface area contributed by atoms with Crippen LogP contribution in [0.25, 0.3) is 0 Å². The molecular weight excluding hydrogens is 332 g/mol. The predicted molar refractivity (Wildman–Crippen MR) is 96.7 cm³/mol. The van der Waals surface area contributed by atoms with Gasteiger partial charge in [-0.15, -0.1) is 0 Å². The first kappa shape index (κ1) is 17.8.